The molecule has 23 heavy (non-hydrogen) atoms. The number of nitrogens with one attached hydrogen (secondary N) is 1. The molecule has 1 aliphatic heterocycles. The maximum Gasteiger partial charge on any atom is 0.251 e. The van der Waals surface area contributed by atoms with Crippen LogP contribution in [0, 0.1) is 5.92 Å². The zero-order valence-electron chi connectivity index (χ0n) is 12.7. The van der Waals surface area contributed by atoms with Crippen LogP contribution in [0.3, 0.4) is 0 Å². The SMILES string of the molecule is NC(=O)c1coc(CNC(=O)C2CCN(c3ccccc3)C2)c1. The molecule has 6 nitrogen and oxygen atoms in total. The summed E-state index contributed by atoms with van der Waals surface area (Å²) in [5.41, 5.74) is 6.61. The molecule has 1 unspecified atom stereocenters. The van der Waals surface area contributed by atoms with E-state index in [0.717, 1.165) is 18.7 Å². The van der Waals surface area contributed by atoms with Crippen molar-refractivity contribution in [3.8, 4) is 0 Å². The zero-order valence-corrected chi connectivity index (χ0v) is 12.7. The molecule has 6 heteroatoms. The second-order valence-corrected chi connectivity index (χ2v) is 5.65. The highest BCUT2D eigenvalue weighted by Crippen LogP contribution is 2.23. The maximum absolute atomic E-state index is 12.3. The van der Waals surface area contributed by atoms with Crippen molar-refractivity contribution in [2.75, 3.05) is 18.0 Å². The van der Waals surface area contributed by atoms with Gasteiger partial charge in [-0.1, -0.05) is 18.2 Å². The van der Waals surface area contributed by atoms with E-state index in [2.05, 4.69) is 22.3 Å². The minimum absolute atomic E-state index is 0.000422. The third-order valence-electron chi connectivity index (χ3n) is 4.06. The molecule has 120 valence electrons. The van der Waals surface area contributed by atoms with Crippen LogP contribution in [0.5, 0.6) is 0 Å². The highest BCUT2D eigenvalue weighted by Gasteiger charge is 2.28. The van der Waals surface area contributed by atoms with Crippen LogP contribution >= 0.6 is 0 Å². The average Bonchev–Trinajstić information content (AvgIpc) is 3.23. The first kappa shape index (κ1) is 15.1. The fraction of sp³-hybridized carbons (Fsp3) is 0.294. The lowest BCUT2D eigenvalue weighted by molar-refractivity contribution is -0.124. The largest absolute Gasteiger partial charge is 0.467 e. The van der Waals surface area contributed by atoms with Gasteiger partial charge in [-0.2, -0.15) is 0 Å². The molecular weight excluding hydrogens is 294 g/mol. The number of carbonyl (C=O) groups is 2. The van der Waals surface area contributed by atoms with Gasteiger partial charge in [0.15, 0.2) is 0 Å². The van der Waals surface area contributed by atoms with E-state index < -0.39 is 5.91 Å². The smallest absolute Gasteiger partial charge is 0.251 e. The van der Waals surface area contributed by atoms with Crippen molar-refractivity contribution in [1.29, 1.82) is 0 Å². The van der Waals surface area contributed by atoms with Gasteiger partial charge < -0.3 is 20.4 Å². The number of hydrogen-bond donors (Lipinski definition) is 2. The van der Waals surface area contributed by atoms with Crippen LogP contribution in [-0.2, 0) is 11.3 Å². The van der Waals surface area contributed by atoms with Crippen molar-refractivity contribution in [1.82, 2.24) is 5.32 Å². The molecule has 3 rings (SSSR count). The fourth-order valence-electron chi connectivity index (χ4n) is 2.77. The second-order valence-electron chi connectivity index (χ2n) is 5.65. The quantitative estimate of drug-likeness (QED) is 0.876. The Morgan fingerprint density at radius 3 is 2.78 bits per heavy atom. The van der Waals surface area contributed by atoms with E-state index >= 15 is 0 Å². The highest BCUT2D eigenvalue weighted by atomic mass is 16.3. The molecule has 1 saturated heterocycles. The topological polar surface area (TPSA) is 88.6 Å². The first-order valence-corrected chi connectivity index (χ1v) is 7.58. The van der Waals surface area contributed by atoms with E-state index in [0.29, 0.717) is 17.9 Å². The summed E-state index contributed by atoms with van der Waals surface area (Å²) in [6, 6.07) is 11.6. The van der Waals surface area contributed by atoms with Gasteiger partial charge in [0.25, 0.3) is 5.91 Å². The van der Waals surface area contributed by atoms with Crippen molar-refractivity contribution in [2.24, 2.45) is 11.7 Å². The van der Waals surface area contributed by atoms with Crippen LogP contribution < -0.4 is 16.0 Å². The lowest BCUT2D eigenvalue weighted by atomic mass is 10.1. The minimum atomic E-state index is -0.541. The number of rotatable bonds is 5. The molecule has 1 aromatic carbocycles. The van der Waals surface area contributed by atoms with Crippen molar-refractivity contribution in [3.63, 3.8) is 0 Å². The Hall–Kier alpha value is -2.76. The number of furan rings is 1. The molecule has 0 saturated carbocycles. The summed E-state index contributed by atoms with van der Waals surface area (Å²) in [6.07, 6.45) is 2.13. The lowest BCUT2D eigenvalue weighted by Gasteiger charge is -2.18. The number of amides is 2. The van der Waals surface area contributed by atoms with Crippen molar-refractivity contribution in [2.45, 2.75) is 13.0 Å². The van der Waals surface area contributed by atoms with E-state index in [4.69, 9.17) is 10.2 Å². The van der Waals surface area contributed by atoms with Gasteiger partial charge in [-0.25, -0.2) is 0 Å². The van der Waals surface area contributed by atoms with E-state index in [1.807, 2.05) is 18.2 Å². The van der Waals surface area contributed by atoms with Gasteiger partial charge in [-0.05, 0) is 24.6 Å². The molecule has 0 bridgehead atoms. The average molecular weight is 313 g/mol. The Morgan fingerprint density at radius 1 is 1.30 bits per heavy atom. The maximum atomic E-state index is 12.3. The van der Waals surface area contributed by atoms with Crippen LogP contribution in [0.15, 0.2) is 47.1 Å². The molecule has 2 amide bonds. The number of nitrogens with zero attached hydrogens (tertiary/aromatic N) is 1. The van der Waals surface area contributed by atoms with Crippen molar-refractivity contribution < 1.29 is 14.0 Å². The fourth-order valence-corrected chi connectivity index (χ4v) is 2.77. The number of anilines is 1. The van der Waals surface area contributed by atoms with Gasteiger partial charge >= 0.3 is 0 Å². The Kier molecular flexibility index (Phi) is 4.32. The van der Waals surface area contributed by atoms with Crippen LogP contribution in [0.4, 0.5) is 5.69 Å². The summed E-state index contributed by atoms with van der Waals surface area (Å²) in [7, 11) is 0. The number of benzene rings is 1. The third-order valence-corrected chi connectivity index (χ3v) is 4.06. The van der Waals surface area contributed by atoms with E-state index in [9.17, 15) is 9.59 Å². The van der Waals surface area contributed by atoms with Crippen LogP contribution in [0.2, 0.25) is 0 Å². The molecule has 0 aliphatic carbocycles. The summed E-state index contributed by atoms with van der Waals surface area (Å²) in [5.74, 6) is -0.0630. The predicted octanol–water partition coefficient (Wildman–Crippen LogP) is 1.52. The van der Waals surface area contributed by atoms with Crippen molar-refractivity contribution >= 4 is 17.5 Å². The summed E-state index contributed by atoms with van der Waals surface area (Å²) >= 11 is 0. The number of nitrogens with two attached hydrogens (primary N) is 1. The molecule has 1 atom stereocenters. The summed E-state index contributed by atoms with van der Waals surface area (Å²) < 4.78 is 5.20. The summed E-state index contributed by atoms with van der Waals surface area (Å²) in [6.45, 7) is 1.84. The van der Waals surface area contributed by atoms with Gasteiger partial charge in [0.05, 0.1) is 18.0 Å². The summed E-state index contributed by atoms with van der Waals surface area (Å²) in [5, 5.41) is 2.85. The molecule has 1 aromatic heterocycles. The van der Waals surface area contributed by atoms with Crippen LogP contribution in [-0.4, -0.2) is 24.9 Å². The van der Waals surface area contributed by atoms with Gasteiger partial charge in [-0.15, -0.1) is 0 Å². The Morgan fingerprint density at radius 2 is 2.09 bits per heavy atom. The molecule has 1 fully saturated rings. The Balaban J connectivity index is 1.52. The molecular formula is C17H19N3O3. The zero-order chi connectivity index (χ0) is 16.2. The van der Waals surface area contributed by atoms with Gasteiger partial charge in [0.2, 0.25) is 5.91 Å². The minimum Gasteiger partial charge on any atom is -0.467 e. The predicted molar refractivity (Wildman–Crippen MR) is 85.8 cm³/mol. The Bertz CT molecular complexity index is 696. The standard InChI is InChI=1S/C17H19N3O3/c18-16(21)13-8-15(23-11-13)9-19-17(22)12-6-7-20(10-12)14-4-2-1-3-5-14/h1-5,8,11-12H,6-7,9-10H2,(H2,18,21)(H,19,22). The summed E-state index contributed by atoms with van der Waals surface area (Å²) in [4.78, 5) is 25.5. The first-order valence-electron chi connectivity index (χ1n) is 7.58. The van der Waals surface area contributed by atoms with E-state index in [1.54, 1.807) is 6.07 Å². The monoisotopic (exact) mass is 313 g/mol. The van der Waals surface area contributed by atoms with Gasteiger partial charge in [0, 0.05) is 18.8 Å². The molecule has 2 aromatic rings. The van der Waals surface area contributed by atoms with E-state index in [1.165, 1.54) is 6.26 Å². The van der Waals surface area contributed by atoms with Gasteiger partial charge in [-0.3, -0.25) is 9.59 Å². The lowest BCUT2D eigenvalue weighted by Crippen LogP contribution is -2.32. The molecule has 0 radical (unpaired) electrons. The van der Waals surface area contributed by atoms with E-state index in [-0.39, 0.29) is 18.4 Å². The van der Waals surface area contributed by atoms with Crippen LogP contribution in [0.1, 0.15) is 22.5 Å². The third kappa shape index (κ3) is 3.53. The Labute approximate surface area is 134 Å². The molecule has 0 spiro atoms. The number of carbonyl (C=O) groups excluding carboxylic acids is 2. The number of primary amides is 1. The molecule has 1 aliphatic rings. The van der Waals surface area contributed by atoms with Crippen molar-refractivity contribution in [3.05, 3.63) is 54.0 Å². The number of hydrogen-bond acceptors (Lipinski definition) is 4. The first-order chi connectivity index (χ1) is 11.1. The van der Waals surface area contributed by atoms with Gasteiger partial charge in [0.1, 0.15) is 12.0 Å². The second kappa shape index (κ2) is 6.56. The highest BCUT2D eigenvalue weighted by molar-refractivity contribution is 5.92. The number of para-hydroxylation sites is 1. The molecule has 3 N–H and O–H groups in total. The van der Waals surface area contributed by atoms with Crippen LogP contribution in [0.25, 0.3) is 0 Å². The molecule has 2 heterocycles. The normalized spacial score (nSPS) is 17.2.